The van der Waals surface area contributed by atoms with E-state index in [0.717, 1.165) is 36.3 Å². The predicted molar refractivity (Wildman–Crippen MR) is 58.2 cm³/mol. The van der Waals surface area contributed by atoms with Crippen LogP contribution in [0.15, 0.2) is 6.20 Å². The Bertz CT molecular complexity index is 362. The topological polar surface area (TPSA) is 42.1 Å². The van der Waals surface area contributed by atoms with Gasteiger partial charge in [0.15, 0.2) is 5.78 Å². The number of aromatic amines is 1. The molecule has 0 bridgehead atoms. The first kappa shape index (κ1) is 10.4. The van der Waals surface area contributed by atoms with Crippen LogP contribution in [-0.4, -0.2) is 23.5 Å². The molecular formula is C12H17NO2. The van der Waals surface area contributed by atoms with Crippen molar-refractivity contribution in [3.05, 3.63) is 23.0 Å². The molecule has 1 N–H and O–H groups in total. The number of hydrogen-bond acceptors (Lipinski definition) is 2. The van der Waals surface area contributed by atoms with E-state index in [2.05, 4.69) is 4.98 Å². The van der Waals surface area contributed by atoms with E-state index in [9.17, 15) is 4.79 Å². The van der Waals surface area contributed by atoms with Gasteiger partial charge in [-0.3, -0.25) is 4.79 Å². The Kier molecular flexibility index (Phi) is 2.91. The fourth-order valence-corrected chi connectivity index (χ4v) is 2.00. The lowest BCUT2D eigenvalue weighted by Gasteiger charge is -2.07. The Balaban J connectivity index is 2.04. The number of Topliss-reactive ketones (excluding diaryl/α,β-unsaturated/α-hetero) is 1. The maximum atomic E-state index is 11.9. The quantitative estimate of drug-likeness (QED) is 0.773. The van der Waals surface area contributed by atoms with Gasteiger partial charge < -0.3 is 9.72 Å². The van der Waals surface area contributed by atoms with Crippen LogP contribution in [0.25, 0.3) is 0 Å². The maximum Gasteiger partial charge on any atom is 0.181 e. The maximum absolute atomic E-state index is 11.9. The molecule has 1 unspecified atom stereocenters. The molecule has 1 aromatic heterocycles. The van der Waals surface area contributed by atoms with E-state index in [4.69, 9.17) is 4.74 Å². The Morgan fingerprint density at radius 2 is 2.40 bits per heavy atom. The average Bonchev–Trinajstić information content (AvgIpc) is 2.79. The van der Waals surface area contributed by atoms with Crippen molar-refractivity contribution in [1.29, 1.82) is 0 Å². The normalized spacial score (nSPS) is 20.8. The second-order valence-electron chi connectivity index (χ2n) is 4.23. The summed E-state index contributed by atoms with van der Waals surface area (Å²) >= 11 is 0. The molecule has 1 saturated heterocycles. The first-order valence-electron chi connectivity index (χ1n) is 5.48. The Morgan fingerprint density at radius 3 is 2.93 bits per heavy atom. The molecule has 0 saturated carbocycles. The molecule has 0 aliphatic carbocycles. The average molecular weight is 207 g/mol. The van der Waals surface area contributed by atoms with Crippen LogP contribution in [-0.2, 0) is 4.74 Å². The number of aryl methyl sites for hydroxylation is 1. The molecule has 1 aliphatic rings. The van der Waals surface area contributed by atoms with Gasteiger partial charge in [0.25, 0.3) is 0 Å². The predicted octanol–water partition coefficient (Wildman–Crippen LogP) is 2.38. The minimum atomic E-state index is 0.139. The van der Waals surface area contributed by atoms with Crippen LogP contribution in [0.3, 0.4) is 0 Å². The van der Waals surface area contributed by atoms with Gasteiger partial charge in [0.2, 0.25) is 0 Å². The third-order valence-electron chi connectivity index (χ3n) is 3.12. The molecule has 15 heavy (non-hydrogen) atoms. The number of aromatic nitrogens is 1. The first-order chi connectivity index (χ1) is 7.18. The minimum absolute atomic E-state index is 0.139. The number of rotatable bonds is 3. The van der Waals surface area contributed by atoms with E-state index in [0.29, 0.717) is 6.42 Å². The molecule has 1 aliphatic heterocycles. The standard InChI is InChI=1S/C12H17NO2/c1-8-7-13-12(9(8)2)11(14)6-10-4-3-5-15-10/h7,10,13H,3-6H2,1-2H3. The number of ether oxygens (including phenoxy) is 1. The van der Waals surface area contributed by atoms with Crippen LogP contribution in [0.5, 0.6) is 0 Å². The number of carbonyl (C=O) groups is 1. The fourth-order valence-electron chi connectivity index (χ4n) is 2.00. The lowest BCUT2D eigenvalue weighted by Crippen LogP contribution is -2.13. The van der Waals surface area contributed by atoms with Gasteiger partial charge in [-0.25, -0.2) is 0 Å². The molecule has 0 aromatic carbocycles. The smallest absolute Gasteiger partial charge is 0.181 e. The van der Waals surface area contributed by atoms with E-state index in [1.54, 1.807) is 0 Å². The number of carbonyl (C=O) groups excluding carboxylic acids is 1. The second-order valence-corrected chi connectivity index (χ2v) is 4.23. The first-order valence-corrected chi connectivity index (χ1v) is 5.48. The summed E-state index contributed by atoms with van der Waals surface area (Å²) in [6.45, 7) is 4.80. The van der Waals surface area contributed by atoms with Crippen molar-refractivity contribution in [1.82, 2.24) is 4.98 Å². The van der Waals surface area contributed by atoms with Gasteiger partial charge in [0.05, 0.1) is 11.8 Å². The van der Waals surface area contributed by atoms with Crippen LogP contribution in [0.1, 0.15) is 40.9 Å². The highest BCUT2D eigenvalue weighted by atomic mass is 16.5. The van der Waals surface area contributed by atoms with Crippen molar-refractivity contribution >= 4 is 5.78 Å². The van der Waals surface area contributed by atoms with Gasteiger partial charge in [-0.15, -0.1) is 0 Å². The molecule has 82 valence electrons. The third kappa shape index (κ3) is 2.12. The molecule has 3 heteroatoms. The Labute approximate surface area is 89.8 Å². The molecule has 1 aromatic rings. The number of H-pyrrole nitrogens is 1. The van der Waals surface area contributed by atoms with E-state index in [1.807, 2.05) is 20.0 Å². The van der Waals surface area contributed by atoms with Crippen molar-refractivity contribution in [3.63, 3.8) is 0 Å². The van der Waals surface area contributed by atoms with E-state index in [-0.39, 0.29) is 11.9 Å². The zero-order valence-corrected chi connectivity index (χ0v) is 9.30. The highest BCUT2D eigenvalue weighted by Crippen LogP contribution is 2.19. The molecule has 2 rings (SSSR count). The summed E-state index contributed by atoms with van der Waals surface area (Å²) in [6.07, 6.45) is 4.64. The second kappa shape index (κ2) is 4.19. The van der Waals surface area contributed by atoms with Gasteiger partial charge in [0, 0.05) is 19.2 Å². The van der Waals surface area contributed by atoms with Gasteiger partial charge >= 0.3 is 0 Å². The number of ketones is 1. The van der Waals surface area contributed by atoms with Crippen molar-refractivity contribution in [2.24, 2.45) is 0 Å². The van der Waals surface area contributed by atoms with Crippen LogP contribution >= 0.6 is 0 Å². The zero-order chi connectivity index (χ0) is 10.8. The molecule has 0 amide bonds. The largest absolute Gasteiger partial charge is 0.378 e. The van der Waals surface area contributed by atoms with Crippen molar-refractivity contribution < 1.29 is 9.53 Å². The molecule has 3 nitrogen and oxygen atoms in total. The molecule has 0 radical (unpaired) electrons. The van der Waals surface area contributed by atoms with Gasteiger partial charge in [-0.1, -0.05) is 0 Å². The summed E-state index contributed by atoms with van der Waals surface area (Å²) in [5, 5.41) is 0. The Morgan fingerprint density at radius 1 is 1.60 bits per heavy atom. The summed E-state index contributed by atoms with van der Waals surface area (Å²) in [7, 11) is 0. The zero-order valence-electron chi connectivity index (χ0n) is 9.30. The van der Waals surface area contributed by atoms with E-state index >= 15 is 0 Å². The summed E-state index contributed by atoms with van der Waals surface area (Å²) in [6, 6.07) is 0. The molecule has 1 atom stereocenters. The van der Waals surface area contributed by atoms with Crippen molar-refractivity contribution in [2.45, 2.75) is 39.2 Å². The summed E-state index contributed by atoms with van der Waals surface area (Å²) in [5.74, 6) is 0.174. The van der Waals surface area contributed by atoms with Gasteiger partial charge in [-0.05, 0) is 37.8 Å². The van der Waals surface area contributed by atoms with Crippen LogP contribution < -0.4 is 0 Å². The van der Waals surface area contributed by atoms with E-state index < -0.39 is 0 Å². The SMILES string of the molecule is Cc1c[nH]c(C(=O)CC2CCCO2)c1C. The summed E-state index contributed by atoms with van der Waals surface area (Å²) in [4.78, 5) is 15.0. The van der Waals surface area contributed by atoms with Crippen LogP contribution in [0.2, 0.25) is 0 Å². The van der Waals surface area contributed by atoms with Crippen LogP contribution in [0.4, 0.5) is 0 Å². The van der Waals surface area contributed by atoms with Gasteiger partial charge in [-0.2, -0.15) is 0 Å². The third-order valence-corrected chi connectivity index (χ3v) is 3.12. The number of hydrogen-bond donors (Lipinski definition) is 1. The summed E-state index contributed by atoms with van der Waals surface area (Å²) < 4.78 is 5.46. The summed E-state index contributed by atoms with van der Waals surface area (Å²) in [5.41, 5.74) is 2.96. The Hall–Kier alpha value is -1.09. The molecule has 2 heterocycles. The highest BCUT2D eigenvalue weighted by Gasteiger charge is 2.21. The monoisotopic (exact) mass is 207 g/mol. The molecule has 0 spiro atoms. The van der Waals surface area contributed by atoms with Crippen molar-refractivity contribution in [3.8, 4) is 0 Å². The minimum Gasteiger partial charge on any atom is -0.378 e. The fraction of sp³-hybridized carbons (Fsp3) is 0.583. The molecular weight excluding hydrogens is 190 g/mol. The van der Waals surface area contributed by atoms with Gasteiger partial charge in [0.1, 0.15) is 0 Å². The van der Waals surface area contributed by atoms with E-state index in [1.165, 1.54) is 0 Å². The lowest BCUT2D eigenvalue weighted by molar-refractivity contribution is 0.0771. The van der Waals surface area contributed by atoms with Crippen molar-refractivity contribution in [2.75, 3.05) is 6.61 Å². The highest BCUT2D eigenvalue weighted by molar-refractivity contribution is 5.96. The molecule has 1 fully saturated rings. The van der Waals surface area contributed by atoms with Crippen LogP contribution in [0, 0.1) is 13.8 Å². The lowest BCUT2D eigenvalue weighted by atomic mass is 10.0. The number of nitrogens with one attached hydrogen (secondary N) is 1.